The van der Waals surface area contributed by atoms with E-state index in [1.54, 1.807) is 30.3 Å². The molecule has 0 aliphatic carbocycles. The topological polar surface area (TPSA) is 43.6 Å². The lowest BCUT2D eigenvalue weighted by atomic mass is 10.3. The van der Waals surface area contributed by atoms with Crippen molar-refractivity contribution < 1.29 is 9.53 Å². The van der Waals surface area contributed by atoms with Crippen LogP contribution in [-0.4, -0.2) is 17.1 Å². The van der Waals surface area contributed by atoms with Gasteiger partial charge < -0.3 is 9.30 Å². The maximum Gasteiger partial charge on any atom is 0.286 e. The summed E-state index contributed by atoms with van der Waals surface area (Å²) in [6.07, 6.45) is 1.74. The first kappa shape index (κ1) is 19.0. The molecule has 0 atom stereocenters. The number of carbonyl (C=O) groups excluding carboxylic acids is 1. The lowest BCUT2D eigenvalue weighted by Gasteiger charge is -2.05. The molecule has 0 aliphatic rings. The third-order valence-corrected chi connectivity index (χ3v) is 5.23. The molecule has 0 spiro atoms. The quantitative estimate of drug-likeness (QED) is 0.515. The van der Waals surface area contributed by atoms with Crippen molar-refractivity contribution in [2.75, 3.05) is 6.61 Å². The minimum atomic E-state index is -0.425. The van der Waals surface area contributed by atoms with Gasteiger partial charge in [0.25, 0.3) is 5.91 Å². The summed E-state index contributed by atoms with van der Waals surface area (Å²) in [5, 5.41) is 1.46. The fourth-order valence-corrected chi connectivity index (χ4v) is 4.10. The number of nitrogens with zero attached hydrogens (tertiary/aromatic N) is 2. The van der Waals surface area contributed by atoms with Crippen LogP contribution in [0, 0.1) is 0 Å². The van der Waals surface area contributed by atoms with E-state index in [9.17, 15) is 4.79 Å². The Morgan fingerprint density at radius 3 is 2.65 bits per heavy atom. The monoisotopic (exact) mass is 426 g/mol. The average Bonchev–Trinajstić information content (AvgIpc) is 2.91. The molecule has 1 aromatic heterocycles. The van der Waals surface area contributed by atoms with Crippen molar-refractivity contribution in [1.29, 1.82) is 0 Å². The summed E-state index contributed by atoms with van der Waals surface area (Å²) in [6, 6.07) is 10.3. The van der Waals surface area contributed by atoms with E-state index in [2.05, 4.69) is 11.6 Å². The Kier molecular flexibility index (Phi) is 6.04. The Labute approximate surface area is 168 Å². The normalized spacial score (nSPS) is 11.7. The summed E-state index contributed by atoms with van der Waals surface area (Å²) in [5.74, 6) is -0.0480. The zero-order valence-corrected chi connectivity index (χ0v) is 16.5. The number of carbonyl (C=O) groups is 1. The lowest BCUT2D eigenvalue weighted by molar-refractivity contribution is -0.120. The van der Waals surface area contributed by atoms with E-state index >= 15 is 0 Å². The van der Waals surface area contributed by atoms with Gasteiger partial charge in [-0.15, -0.1) is 6.58 Å². The predicted molar refractivity (Wildman–Crippen MR) is 108 cm³/mol. The van der Waals surface area contributed by atoms with Crippen LogP contribution in [0.5, 0.6) is 5.75 Å². The zero-order valence-electron chi connectivity index (χ0n) is 13.4. The van der Waals surface area contributed by atoms with Gasteiger partial charge in [0.05, 0.1) is 15.2 Å². The van der Waals surface area contributed by atoms with Gasteiger partial charge in [-0.3, -0.25) is 4.79 Å². The second-order valence-electron chi connectivity index (χ2n) is 5.26. The first-order chi connectivity index (χ1) is 12.5. The molecule has 1 heterocycles. The van der Waals surface area contributed by atoms with Crippen LogP contribution >= 0.6 is 46.1 Å². The van der Waals surface area contributed by atoms with E-state index in [4.69, 9.17) is 39.5 Å². The molecule has 26 heavy (non-hydrogen) atoms. The number of amides is 1. The molecule has 4 nitrogen and oxygen atoms in total. The summed E-state index contributed by atoms with van der Waals surface area (Å²) in [6.45, 7) is 4.05. The van der Waals surface area contributed by atoms with E-state index in [0.29, 0.717) is 32.2 Å². The van der Waals surface area contributed by atoms with Crippen LogP contribution in [0.3, 0.4) is 0 Å². The van der Waals surface area contributed by atoms with E-state index < -0.39 is 5.91 Å². The highest BCUT2D eigenvalue weighted by Crippen LogP contribution is 2.27. The second kappa shape index (κ2) is 8.27. The maximum atomic E-state index is 12.2. The van der Waals surface area contributed by atoms with E-state index in [1.165, 1.54) is 11.3 Å². The Morgan fingerprint density at radius 2 is 1.92 bits per heavy atom. The first-order valence-electron chi connectivity index (χ1n) is 7.53. The van der Waals surface area contributed by atoms with Crippen LogP contribution in [-0.2, 0) is 11.3 Å². The van der Waals surface area contributed by atoms with E-state index in [0.717, 1.165) is 10.2 Å². The molecule has 8 heteroatoms. The predicted octanol–water partition coefficient (Wildman–Crippen LogP) is 5.36. The first-order valence-corrected chi connectivity index (χ1v) is 9.48. The number of aromatic nitrogens is 1. The van der Waals surface area contributed by atoms with E-state index in [1.807, 2.05) is 16.7 Å². The highest BCUT2D eigenvalue weighted by molar-refractivity contribution is 7.16. The molecule has 134 valence electrons. The maximum absolute atomic E-state index is 12.2. The van der Waals surface area contributed by atoms with Crippen molar-refractivity contribution in [2.24, 2.45) is 4.99 Å². The second-order valence-corrected chi connectivity index (χ2v) is 7.55. The van der Waals surface area contributed by atoms with Crippen LogP contribution in [0.25, 0.3) is 10.2 Å². The molecular weight excluding hydrogens is 415 g/mol. The summed E-state index contributed by atoms with van der Waals surface area (Å²) in [5.41, 5.74) is 0.938. The fourth-order valence-electron chi connectivity index (χ4n) is 2.31. The number of hydrogen-bond acceptors (Lipinski definition) is 3. The molecule has 0 unspecified atom stereocenters. The summed E-state index contributed by atoms with van der Waals surface area (Å²) in [7, 11) is 0. The van der Waals surface area contributed by atoms with Crippen molar-refractivity contribution in [3.05, 3.63) is 68.9 Å². The highest BCUT2D eigenvalue weighted by Gasteiger charge is 2.09. The fraction of sp³-hybridized carbons (Fsp3) is 0.111. The standard InChI is InChI=1S/C18H13Cl3N2O2S/c1-2-7-23-14-5-3-12(20)9-16(14)26-18(23)22-17(24)10-25-15-6-4-11(19)8-13(15)21/h2-6,8-9H,1,7,10H2. The Morgan fingerprint density at radius 1 is 1.19 bits per heavy atom. The van der Waals surface area contributed by atoms with Gasteiger partial charge in [0.1, 0.15) is 5.75 Å². The number of rotatable bonds is 5. The average molecular weight is 428 g/mol. The van der Waals surface area contributed by atoms with Crippen molar-refractivity contribution in [2.45, 2.75) is 6.54 Å². The number of hydrogen-bond donors (Lipinski definition) is 0. The molecule has 1 amide bonds. The van der Waals surface area contributed by atoms with Gasteiger partial charge in [0.2, 0.25) is 0 Å². The number of fused-ring (bicyclic) bond motifs is 1. The number of benzene rings is 2. The number of ether oxygens (including phenoxy) is 1. The SMILES string of the molecule is C=CCn1c(=NC(=O)COc2ccc(Cl)cc2Cl)sc2cc(Cl)ccc21. The molecule has 0 saturated carbocycles. The van der Waals surface area contributed by atoms with Crippen LogP contribution in [0.15, 0.2) is 54.0 Å². The molecule has 3 rings (SSSR count). The lowest BCUT2D eigenvalue weighted by Crippen LogP contribution is -2.19. The molecule has 0 fully saturated rings. The third kappa shape index (κ3) is 4.30. The number of halogens is 3. The Bertz CT molecular complexity index is 1060. The van der Waals surface area contributed by atoms with Gasteiger partial charge >= 0.3 is 0 Å². The Balaban J connectivity index is 1.87. The Hall–Kier alpha value is -1.79. The molecule has 0 bridgehead atoms. The molecule has 0 aliphatic heterocycles. The largest absolute Gasteiger partial charge is 0.482 e. The minimum Gasteiger partial charge on any atom is -0.482 e. The zero-order chi connectivity index (χ0) is 18.7. The smallest absolute Gasteiger partial charge is 0.286 e. The molecule has 2 aromatic carbocycles. The van der Waals surface area contributed by atoms with E-state index in [-0.39, 0.29) is 6.61 Å². The van der Waals surface area contributed by atoms with Gasteiger partial charge in [0.15, 0.2) is 11.4 Å². The minimum absolute atomic E-state index is 0.232. The molecule has 3 aromatic rings. The molecule has 0 radical (unpaired) electrons. The molecule has 0 N–H and O–H groups in total. The van der Waals surface area contributed by atoms with Crippen LogP contribution in [0.4, 0.5) is 0 Å². The molecular formula is C18H13Cl3N2O2S. The van der Waals surface area contributed by atoms with Crippen LogP contribution in [0.1, 0.15) is 0 Å². The van der Waals surface area contributed by atoms with Crippen molar-refractivity contribution >= 4 is 62.3 Å². The summed E-state index contributed by atoms with van der Waals surface area (Å²) >= 11 is 19.3. The number of allylic oxidation sites excluding steroid dienone is 1. The van der Waals surface area contributed by atoms with Gasteiger partial charge in [-0.2, -0.15) is 4.99 Å². The molecule has 0 saturated heterocycles. The van der Waals surface area contributed by atoms with Crippen molar-refractivity contribution in [3.8, 4) is 5.75 Å². The van der Waals surface area contributed by atoms with Gasteiger partial charge in [-0.1, -0.05) is 52.2 Å². The third-order valence-electron chi connectivity index (χ3n) is 3.42. The van der Waals surface area contributed by atoms with Gasteiger partial charge in [-0.05, 0) is 36.4 Å². The van der Waals surface area contributed by atoms with Crippen LogP contribution < -0.4 is 9.54 Å². The number of thiazole rings is 1. The summed E-state index contributed by atoms with van der Waals surface area (Å²) < 4.78 is 8.28. The summed E-state index contributed by atoms with van der Waals surface area (Å²) in [4.78, 5) is 17.0. The van der Waals surface area contributed by atoms with Crippen molar-refractivity contribution in [3.63, 3.8) is 0 Å². The van der Waals surface area contributed by atoms with Crippen LogP contribution in [0.2, 0.25) is 15.1 Å². The highest BCUT2D eigenvalue weighted by atomic mass is 35.5. The van der Waals surface area contributed by atoms with Gasteiger partial charge in [-0.25, -0.2) is 0 Å². The van der Waals surface area contributed by atoms with Crippen molar-refractivity contribution in [1.82, 2.24) is 4.57 Å². The van der Waals surface area contributed by atoms with Gasteiger partial charge in [0, 0.05) is 16.6 Å².